The van der Waals surface area contributed by atoms with Crippen LogP contribution in [0.1, 0.15) is 39.0 Å². The lowest BCUT2D eigenvalue weighted by Crippen LogP contribution is -2.56. The standard InChI is InChI=1S/C23H30O7/c1-14-16(28-18(24)13-17(14)27-6)11-9-7-8-10-12-21(3,26)20-23(5)19(25)22(4,30-20)15(2)29-23/h7-13,15,19-20,25-26H,1-6H3/b8-7+,11-9+,12-10+/t15-,19?,20+,21-,22-,23-/m1/s1. The summed E-state index contributed by atoms with van der Waals surface area (Å²) in [5, 5.41) is 21.6. The Morgan fingerprint density at radius 3 is 2.40 bits per heavy atom. The average Bonchev–Trinajstić information content (AvgIpc) is 2.98. The Hall–Kier alpha value is -2.19. The third kappa shape index (κ3) is 3.67. The number of hydrogen-bond acceptors (Lipinski definition) is 7. The van der Waals surface area contributed by atoms with Crippen molar-refractivity contribution in [2.75, 3.05) is 7.11 Å². The summed E-state index contributed by atoms with van der Waals surface area (Å²) in [6, 6.07) is 1.30. The number of aliphatic hydroxyl groups is 2. The van der Waals surface area contributed by atoms with Gasteiger partial charge in [-0.2, -0.15) is 0 Å². The molecule has 2 N–H and O–H groups in total. The van der Waals surface area contributed by atoms with Gasteiger partial charge in [0.05, 0.1) is 19.3 Å². The molecule has 0 aliphatic carbocycles. The number of fused-ring (bicyclic) bond motifs is 2. The quantitative estimate of drug-likeness (QED) is 0.685. The van der Waals surface area contributed by atoms with Gasteiger partial charge in [-0.3, -0.25) is 0 Å². The van der Waals surface area contributed by atoms with Crippen LogP contribution in [0.25, 0.3) is 6.08 Å². The molecular formula is C23H30O7. The summed E-state index contributed by atoms with van der Waals surface area (Å²) in [5.74, 6) is 0.884. The van der Waals surface area contributed by atoms with Gasteiger partial charge in [0.1, 0.15) is 40.5 Å². The summed E-state index contributed by atoms with van der Waals surface area (Å²) >= 11 is 0. The van der Waals surface area contributed by atoms with E-state index in [2.05, 4.69) is 0 Å². The van der Waals surface area contributed by atoms with E-state index in [9.17, 15) is 15.0 Å². The summed E-state index contributed by atoms with van der Waals surface area (Å²) in [5.41, 5.74) is -2.95. The number of allylic oxidation sites excluding steroid dienone is 4. The molecule has 0 aromatic carbocycles. The van der Waals surface area contributed by atoms with E-state index in [1.54, 1.807) is 64.2 Å². The van der Waals surface area contributed by atoms with Crippen LogP contribution in [0.4, 0.5) is 0 Å². The predicted octanol–water partition coefficient (Wildman–Crippen LogP) is 2.53. The van der Waals surface area contributed by atoms with Crippen molar-refractivity contribution in [2.24, 2.45) is 0 Å². The Labute approximate surface area is 176 Å². The molecule has 7 nitrogen and oxygen atoms in total. The van der Waals surface area contributed by atoms with Gasteiger partial charge >= 0.3 is 5.63 Å². The van der Waals surface area contributed by atoms with Crippen molar-refractivity contribution in [2.45, 2.75) is 69.7 Å². The van der Waals surface area contributed by atoms with Gasteiger partial charge in [0.2, 0.25) is 0 Å². The predicted molar refractivity (Wildman–Crippen MR) is 112 cm³/mol. The lowest BCUT2D eigenvalue weighted by Gasteiger charge is -2.42. The van der Waals surface area contributed by atoms with Crippen molar-refractivity contribution in [3.05, 3.63) is 58.2 Å². The van der Waals surface area contributed by atoms with Gasteiger partial charge in [-0.25, -0.2) is 4.79 Å². The van der Waals surface area contributed by atoms with Gasteiger partial charge in [-0.1, -0.05) is 30.4 Å². The van der Waals surface area contributed by atoms with Crippen LogP contribution < -0.4 is 10.4 Å². The van der Waals surface area contributed by atoms with Gasteiger partial charge in [0.15, 0.2) is 0 Å². The minimum atomic E-state index is -1.35. The maximum absolute atomic E-state index is 11.6. The maximum Gasteiger partial charge on any atom is 0.339 e. The Bertz CT molecular complexity index is 941. The average molecular weight is 418 g/mol. The molecule has 6 atom stereocenters. The Kier molecular flexibility index (Phi) is 5.86. The van der Waals surface area contributed by atoms with E-state index in [0.29, 0.717) is 11.5 Å². The number of aliphatic hydroxyl groups excluding tert-OH is 1. The van der Waals surface area contributed by atoms with Crippen LogP contribution in [0.2, 0.25) is 0 Å². The summed E-state index contributed by atoms with van der Waals surface area (Å²) in [4.78, 5) is 11.6. The van der Waals surface area contributed by atoms with Crippen LogP contribution >= 0.6 is 0 Å². The maximum atomic E-state index is 11.6. The lowest BCUT2D eigenvalue weighted by atomic mass is 9.82. The molecular weight excluding hydrogens is 388 g/mol. The fourth-order valence-electron chi connectivity index (χ4n) is 4.32. The van der Waals surface area contributed by atoms with E-state index in [1.165, 1.54) is 13.2 Å². The van der Waals surface area contributed by atoms with Crippen molar-refractivity contribution in [1.29, 1.82) is 0 Å². The molecule has 30 heavy (non-hydrogen) atoms. The first-order valence-electron chi connectivity index (χ1n) is 9.93. The zero-order valence-corrected chi connectivity index (χ0v) is 18.2. The summed E-state index contributed by atoms with van der Waals surface area (Å²) in [7, 11) is 1.50. The van der Waals surface area contributed by atoms with E-state index in [0.717, 1.165) is 5.56 Å². The first-order chi connectivity index (χ1) is 14.0. The number of methoxy groups -OCH3 is 1. The zero-order chi connectivity index (χ0) is 22.3. The smallest absolute Gasteiger partial charge is 0.339 e. The molecule has 0 spiro atoms. The first-order valence-corrected chi connectivity index (χ1v) is 9.93. The van der Waals surface area contributed by atoms with Crippen LogP contribution in [0, 0.1) is 6.92 Å². The molecule has 3 heterocycles. The minimum absolute atomic E-state index is 0.265. The Morgan fingerprint density at radius 2 is 1.83 bits per heavy atom. The topological polar surface area (TPSA) is 98.4 Å². The number of hydrogen-bond donors (Lipinski definition) is 2. The van der Waals surface area contributed by atoms with E-state index >= 15 is 0 Å². The van der Waals surface area contributed by atoms with Crippen molar-refractivity contribution in [1.82, 2.24) is 0 Å². The molecule has 1 unspecified atom stereocenters. The summed E-state index contributed by atoms with van der Waals surface area (Å²) < 4.78 is 22.3. The van der Waals surface area contributed by atoms with E-state index in [1.807, 2.05) is 6.92 Å². The second-order valence-corrected chi connectivity index (χ2v) is 8.48. The van der Waals surface area contributed by atoms with Gasteiger partial charge in [-0.05, 0) is 40.7 Å². The van der Waals surface area contributed by atoms with Crippen LogP contribution in [-0.2, 0) is 9.47 Å². The first kappa shape index (κ1) is 22.5. The normalized spacial score (nSPS) is 35.7. The fraction of sp³-hybridized carbons (Fsp3) is 0.522. The third-order valence-electron chi connectivity index (χ3n) is 6.18. The fourth-order valence-corrected chi connectivity index (χ4v) is 4.32. The number of rotatable bonds is 6. The highest BCUT2D eigenvalue weighted by atomic mass is 16.7. The second kappa shape index (κ2) is 7.81. The Morgan fingerprint density at radius 1 is 1.17 bits per heavy atom. The highest BCUT2D eigenvalue weighted by Gasteiger charge is 2.71. The SMILES string of the molecule is COc1cc(=O)oc(/C=C/C=C/C=C/[C@@](C)(O)[C@@H]2O[C@@]3(C)C(O)[C@@]2(C)O[C@@H]3C)c1C. The Balaban J connectivity index is 1.69. The molecule has 0 saturated carbocycles. The lowest BCUT2D eigenvalue weighted by molar-refractivity contribution is -0.240. The van der Waals surface area contributed by atoms with E-state index in [4.69, 9.17) is 18.6 Å². The van der Waals surface area contributed by atoms with Crippen LogP contribution in [0.3, 0.4) is 0 Å². The molecule has 3 rings (SSSR count). The highest BCUT2D eigenvalue weighted by molar-refractivity contribution is 5.52. The van der Waals surface area contributed by atoms with Crippen molar-refractivity contribution < 1.29 is 28.8 Å². The molecule has 0 amide bonds. The molecule has 1 aromatic rings. The van der Waals surface area contributed by atoms with E-state index < -0.39 is 34.6 Å². The molecule has 2 saturated heterocycles. The van der Waals surface area contributed by atoms with Crippen LogP contribution in [-0.4, -0.2) is 52.4 Å². The summed E-state index contributed by atoms with van der Waals surface area (Å²) in [6.45, 7) is 8.85. The molecule has 0 radical (unpaired) electrons. The molecule has 1 aromatic heterocycles. The monoisotopic (exact) mass is 418 g/mol. The number of ether oxygens (including phenoxy) is 3. The van der Waals surface area contributed by atoms with Crippen LogP contribution in [0.5, 0.6) is 5.75 Å². The molecule has 7 heteroatoms. The minimum Gasteiger partial charge on any atom is -0.496 e. The molecule has 2 bridgehead atoms. The zero-order valence-electron chi connectivity index (χ0n) is 18.2. The van der Waals surface area contributed by atoms with Gasteiger partial charge < -0.3 is 28.8 Å². The molecule has 2 fully saturated rings. The summed E-state index contributed by atoms with van der Waals surface area (Å²) in [6.07, 6.45) is 8.34. The second-order valence-electron chi connectivity index (χ2n) is 8.48. The van der Waals surface area contributed by atoms with Crippen LogP contribution in [0.15, 0.2) is 45.7 Å². The largest absolute Gasteiger partial charge is 0.496 e. The van der Waals surface area contributed by atoms with Gasteiger partial charge in [-0.15, -0.1) is 0 Å². The molecule has 164 valence electrons. The van der Waals surface area contributed by atoms with Gasteiger partial charge in [0.25, 0.3) is 0 Å². The van der Waals surface area contributed by atoms with Crippen molar-refractivity contribution in [3.8, 4) is 5.75 Å². The van der Waals surface area contributed by atoms with E-state index in [-0.39, 0.29) is 6.10 Å². The molecule has 2 aliphatic heterocycles. The van der Waals surface area contributed by atoms with Gasteiger partial charge in [0, 0.05) is 5.56 Å². The van der Waals surface area contributed by atoms with Crippen molar-refractivity contribution in [3.63, 3.8) is 0 Å². The van der Waals surface area contributed by atoms with Crippen molar-refractivity contribution >= 4 is 6.08 Å². The molecule has 2 aliphatic rings. The third-order valence-corrected chi connectivity index (χ3v) is 6.18. The highest BCUT2D eigenvalue weighted by Crippen LogP contribution is 2.53.